The van der Waals surface area contributed by atoms with Gasteiger partial charge in [-0.25, -0.2) is 19.3 Å². The summed E-state index contributed by atoms with van der Waals surface area (Å²) in [4.78, 5) is 72.4. The van der Waals surface area contributed by atoms with Gasteiger partial charge in [0.05, 0.1) is 30.0 Å². The summed E-state index contributed by atoms with van der Waals surface area (Å²) in [5.74, 6) is -1.64. The topological polar surface area (TPSA) is 193 Å². The highest BCUT2D eigenvalue weighted by molar-refractivity contribution is 7.99. The second kappa shape index (κ2) is 13.9. The molecule has 0 radical (unpaired) electrons. The summed E-state index contributed by atoms with van der Waals surface area (Å²) >= 11 is 1.43. The molecule has 5 aliphatic rings. The monoisotopic (exact) mass is 744 g/mol. The predicted octanol–water partition coefficient (Wildman–Crippen LogP) is 1.80. The Morgan fingerprint density at radius 1 is 1.00 bits per heavy atom. The average molecular weight is 745 g/mol. The Kier molecular flexibility index (Phi) is 9.28. The molecule has 5 aliphatic heterocycles. The molecule has 4 amide bonds. The summed E-state index contributed by atoms with van der Waals surface area (Å²) in [5, 5.41) is 2.77. The molecule has 7 heterocycles. The van der Waals surface area contributed by atoms with Gasteiger partial charge in [0.2, 0.25) is 11.8 Å². The maximum Gasteiger partial charge on any atom is 0.265 e. The van der Waals surface area contributed by atoms with Crippen LogP contribution in [0.25, 0.3) is 0 Å². The Bertz CT molecular complexity index is 1990. The Balaban J connectivity index is 0.867. The molecule has 4 fully saturated rings. The number of nitrogens with zero attached hydrogens (tertiary/aromatic N) is 7. The number of carbonyl (C=O) groups excluding carboxylic acids is 4. The molecule has 1 aromatic carbocycles. The number of fused-ring (bicyclic) bond motifs is 1. The van der Waals surface area contributed by atoms with E-state index in [1.807, 2.05) is 19.1 Å². The minimum absolute atomic E-state index is 0.00694. The summed E-state index contributed by atoms with van der Waals surface area (Å²) in [7, 11) is 0. The van der Waals surface area contributed by atoms with Gasteiger partial charge in [0.1, 0.15) is 28.5 Å². The van der Waals surface area contributed by atoms with Crippen LogP contribution in [0.3, 0.4) is 0 Å². The normalized spacial score (nSPS) is 24.7. The number of piperidine rings is 2. The van der Waals surface area contributed by atoms with Gasteiger partial charge in [0, 0.05) is 80.3 Å². The molecular formula is C36H41FN10O5S. The number of benzene rings is 1. The van der Waals surface area contributed by atoms with E-state index in [0.29, 0.717) is 43.6 Å². The summed E-state index contributed by atoms with van der Waals surface area (Å²) in [5.41, 5.74) is 12.8. The molecular weight excluding hydrogens is 704 g/mol. The standard InChI is InChI=1S/C36H41FN10O5S/c1-20-30(38)36(19-52-20)7-10-45(11-8-36)26-17-41-33(31(39)42-26)53-22-6-9-40-25(16-22)46-14-12-44(13-15-46)18-21-2-3-23-28(29(21)37)35(51)47(34(23)50)24-4-5-27(48)43-32(24)49/h2-3,6,9,16-17,20,24,30H,4-5,7-8,10-15,18-19,38H2,1H3,(H2,39,42)(H,43,48,49)/t20-,24?,30+/m0/s1. The number of piperazine rings is 1. The van der Waals surface area contributed by atoms with Gasteiger partial charge in [-0.2, -0.15) is 0 Å². The van der Waals surface area contributed by atoms with E-state index in [2.05, 4.69) is 30.0 Å². The molecule has 1 unspecified atom stereocenters. The maximum atomic E-state index is 15.8. The number of aromatic nitrogens is 3. The van der Waals surface area contributed by atoms with Gasteiger partial charge in [-0.3, -0.25) is 34.3 Å². The van der Waals surface area contributed by atoms with Crippen molar-refractivity contribution >= 4 is 52.8 Å². The highest BCUT2D eigenvalue weighted by Crippen LogP contribution is 2.42. The zero-order chi connectivity index (χ0) is 37.0. The van der Waals surface area contributed by atoms with Crippen LogP contribution in [0.1, 0.15) is 58.9 Å². The lowest BCUT2D eigenvalue weighted by molar-refractivity contribution is -0.136. The fraction of sp³-hybridized carbons (Fsp3) is 0.472. The highest BCUT2D eigenvalue weighted by Gasteiger charge is 2.48. The van der Waals surface area contributed by atoms with Gasteiger partial charge in [-0.15, -0.1) is 0 Å². The zero-order valence-electron chi connectivity index (χ0n) is 29.3. The van der Waals surface area contributed by atoms with Crippen molar-refractivity contribution < 1.29 is 28.3 Å². The smallest absolute Gasteiger partial charge is 0.265 e. The van der Waals surface area contributed by atoms with Gasteiger partial charge < -0.3 is 26.0 Å². The van der Waals surface area contributed by atoms with Crippen molar-refractivity contribution in [3.63, 3.8) is 0 Å². The molecule has 0 bridgehead atoms. The molecule has 53 heavy (non-hydrogen) atoms. The van der Waals surface area contributed by atoms with Crippen molar-refractivity contribution in [2.75, 3.05) is 61.4 Å². The molecule has 3 aromatic rings. The van der Waals surface area contributed by atoms with E-state index in [0.717, 1.165) is 47.4 Å². The number of anilines is 3. The molecule has 2 aromatic heterocycles. The van der Waals surface area contributed by atoms with E-state index in [1.54, 1.807) is 12.4 Å². The molecule has 4 saturated heterocycles. The number of amides is 4. The van der Waals surface area contributed by atoms with Gasteiger partial charge in [-0.05, 0) is 44.4 Å². The number of hydrogen-bond donors (Lipinski definition) is 3. The van der Waals surface area contributed by atoms with Gasteiger partial charge in [-0.1, -0.05) is 17.8 Å². The molecule has 0 aliphatic carbocycles. The van der Waals surface area contributed by atoms with Crippen molar-refractivity contribution in [1.82, 2.24) is 30.1 Å². The summed E-state index contributed by atoms with van der Waals surface area (Å²) in [6.45, 7) is 7.12. The number of nitrogens with two attached hydrogens (primary N) is 2. The fourth-order valence-corrected chi connectivity index (χ4v) is 8.85. The Labute approximate surface area is 309 Å². The van der Waals surface area contributed by atoms with Crippen LogP contribution in [-0.4, -0.2) is 112 Å². The van der Waals surface area contributed by atoms with Crippen molar-refractivity contribution in [3.05, 3.63) is 59.2 Å². The van der Waals surface area contributed by atoms with E-state index < -0.39 is 35.5 Å². The second-order valence-electron chi connectivity index (χ2n) is 14.4. The number of pyridine rings is 1. The largest absolute Gasteiger partial charge is 0.381 e. The molecule has 15 nitrogen and oxygen atoms in total. The SMILES string of the molecule is C[C@@H]1OCC2(CCN(c3cnc(Sc4ccnc(N5CCN(Cc6ccc7c(c6F)C(=O)N(C6CCC(=O)NC6=O)C7=O)CC5)c4)c(N)n3)CC2)[C@@H]1N. The number of rotatable bonds is 7. The second-order valence-corrected chi connectivity index (χ2v) is 15.5. The van der Waals surface area contributed by atoms with Gasteiger partial charge in [0.15, 0.2) is 5.82 Å². The van der Waals surface area contributed by atoms with E-state index >= 15 is 4.39 Å². The summed E-state index contributed by atoms with van der Waals surface area (Å²) in [6.07, 6.45) is 5.47. The third kappa shape index (κ3) is 6.49. The minimum Gasteiger partial charge on any atom is -0.381 e. The zero-order valence-corrected chi connectivity index (χ0v) is 30.1. The van der Waals surface area contributed by atoms with Crippen molar-refractivity contribution in [1.29, 1.82) is 0 Å². The number of carbonyl (C=O) groups is 4. The first kappa shape index (κ1) is 35.3. The first-order chi connectivity index (χ1) is 25.5. The minimum atomic E-state index is -1.15. The predicted molar refractivity (Wildman–Crippen MR) is 193 cm³/mol. The third-order valence-electron chi connectivity index (χ3n) is 11.3. The molecule has 3 atom stereocenters. The first-order valence-corrected chi connectivity index (χ1v) is 18.7. The van der Waals surface area contributed by atoms with E-state index in [9.17, 15) is 19.2 Å². The number of ether oxygens (including phenoxy) is 1. The highest BCUT2D eigenvalue weighted by atomic mass is 32.2. The quantitative estimate of drug-likeness (QED) is 0.297. The van der Waals surface area contributed by atoms with Gasteiger partial charge >= 0.3 is 0 Å². The number of nitrogen functional groups attached to an aromatic ring is 1. The average Bonchev–Trinajstić information content (AvgIpc) is 3.57. The fourth-order valence-electron chi connectivity index (χ4n) is 8.07. The van der Waals surface area contributed by atoms with Crippen molar-refractivity contribution in [3.8, 4) is 0 Å². The van der Waals surface area contributed by atoms with Crippen LogP contribution < -0.4 is 26.6 Å². The third-order valence-corrected chi connectivity index (χ3v) is 12.3. The molecule has 278 valence electrons. The number of halogens is 1. The van der Waals surface area contributed by atoms with Crippen LogP contribution in [-0.2, 0) is 20.9 Å². The Hall–Kier alpha value is -4.71. The van der Waals surface area contributed by atoms with Crippen LogP contribution in [0.5, 0.6) is 0 Å². The van der Waals surface area contributed by atoms with Crippen LogP contribution in [0.4, 0.5) is 21.8 Å². The van der Waals surface area contributed by atoms with Crippen LogP contribution in [0.15, 0.2) is 46.6 Å². The molecule has 0 saturated carbocycles. The molecule has 1 spiro atoms. The van der Waals surface area contributed by atoms with Gasteiger partial charge in [0.25, 0.3) is 11.8 Å². The summed E-state index contributed by atoms with van der Waals surface area (Å²) < 4.78 is 21.7. The summed E-state index contributed by atoms with van der Waals surface area (Å²) in [6, 6.07) is 5.75. The van der Waals surface area contributed by atoms with Crippen molar-refractivity contribution in [2.45, 2.75) is 67.3 Å². The number of imide groups is 2. The van der Waals surface area contributed by atoms with Crippen molar-refractivity contribution in [2.24, 2.45) is 11.1 Å². The lowest BCUT2D eigenvalue weighted by Crippen LogP contribution is -2.54. The van der Waals surface area contributed by atoms with E-state index in [1.165, 1.54) is 23.9 Å². The maximum absolute atomic E-state index is 15.8. The lowest BCUT2D eigenvalue weighted by atomic mass is 9.73. The first-order valence-electron chi connectivity index (χ1n) is 17.9. The lowest BCUT2D eigenvalue weighted by Gasteiger charge is -2.41. The Morgan fingerprint density at radius 3 is 2.45 bits per heavy atom. The van der Waals surface area contributed by atoms with Crippen LogP contribution in [0, 0.1) is 11.2 Å². The Morgan fingerprint density at radius 2 is 1.75 bits per heavy atom. The van der Waals surface area contributed by atoms with E-state index in [4.69, 9.17) is 21.2 Å². The van der Waals surface area contributed by atoms with Crippen LogP contribution >= 0.6 is 11.8 Å². The molecule has 5 N–H and O–H groups in total. The molecule has 8 rings (SSSR count). The van der Waals surface area contributed by atoms with E-state index in [-0.39, 0.29) is 53.6 Å². The molecule has 17 heteroatoms. The number of nitrogens with one attached hydrogen (secondary N) is 1. The number of hydrogen-bond acceptors (Lipinski definition) is 14. The van der Waals surface area contributed by atoms with Crippen LogP contribution in [0.2, 0.25) is 0 Å².